The van der Waals surface area contributed by atoms with E-state index in [0.717, 1.165) is 6.42 Å². The van der Waals surface area contributed by atoms with Crippen LogP contribution in [0.4, 0.5) is 0 Å². The summed E-state index contributed by atoms with van der Waals surface area (Å²) in [6, 6.07) is 0. The third kappa shape index (κ3) is 3.08. The predicted molar refractivity (Wildman–Crippen MR) is 44.7 cm³/mol. The first-order valence-electron chi connectivity index (χ1n) is 4.19. The van der Waals surface area contributed by atoms with Gasteiger partial charge in [-0.05, 0) is 25.2 Å². The standard InChI is InChI=1S/C7H14NO3S/c9-4-1-2-7-3-5-12(10,11)8-6-7/h7-8H,1-6H2. The summed E-state index contributed by atoms with van der Waals surface area (Å²) in [4.78, 5) is 0. The molecule has 5 heteroatoms. The van der Waals surface area contributed by atoms with Gasteiger partial charge in [-0.1, -0.05) is 0 Å². The molecule has 1 atom stereocenters. The highest BCUT2D eigenvalue weighted by molar-refractivity contribution is 7.89. The van der Waals surface area contributed by atoms with Crippen LogP contribution in [0, 0.1) is 5.92 Å². The fourth-order valence-electron chi connectivity index (χ4n) is 1.36. The van der Waals surface area contributed by atoms with Crippen molar-refractivity contribution in [1.29, 1.82) is 0 Å². The van der Waals surface area contributed by atoms with E-state index in [2.05, 4.69) is 4.72 Å². The molecular formula is C7H14NO3S. The molecule has 1 aliphatic rings. The minimum absolute atomic E-state index is 0.0523. The van der Waals surface area contributed by atoms with Crippen molar-refractivity contribution in [2.24, 2.45) is 5.92 Å². The molecule has 1 unspecified atom stereocenters. The van der Waals surface area contributed by atoms with Crippen molar-refractivity contribution in [3.8, 4) is 0 Å². The summed E-state index contributed by atoms with van der Waals surface area (Å²) in [5.74, 6) is 0.596. The van der Waals surface area contributed by atoms with Crippen LogP contribution in [0.2, 0.25) is 0 Å². The molecule has 1 fully saturated rings. The average Bonchev–Trinajstić information content (AvgIpc) is 2.03. The van der Waals surface area contributed by atoms with Gasteiger partial charge in [-0.3, -0.25) is 0 Å². The van der Waals surface area contributed by atoms with Gasteiger partial charge in [0.05, 0.1) is 12.4 Å². The molecule has 1 heterocycles. The molecule has 0 spiro atoms. The number of hydrogen-bond acceptors (Lipinski definition) is 2. The van der Waals surface area contributed by atoms with Crippen molar-refractivity contribution in [2.75, 3.05) is 18.9 Å². The fourth-order valence-corrected chi connectivity index (χ4v) is 2.64. The van der Waals surface area contributed by atoms with E-state index in [-0.39, 0.29) is 12.4 Å². The van der Waals surface area contributed by atoms with Gasteiger partial charge in [0.25, 0.3) is 0 Å². The third-order valence-corrected chi connectivity index (χ3v) is 3.52. The highest BCUT2D eigenvalue weighted by Gasteiger charge is 2.21. The van der Waals surface area contributed by atoms with E-state index in [9.17, 15) is 13.5 Å². The van der Waals surface area contributed by atoms with Gasteiger partial charge in [0.1, 0.15) is 0 Å². The van der Waals surface area contributed by atoms with E-state index in [1.807, 2.05) is 0 Å². The van der Waals surface area contributed by atoms with Gasteiger partial charge in [-0.25, -0.2) is 18.2 Å². The van der Waals surface area contributed by atoms with Crippen molar-refractivity contribution in [1.82, 2.24) is 4.72 Å². The lowest BCUT2D eigenvalue weighted by Crippen LogP contribution is -2.37. The molecule has 1 saturated heterocycles. The summed E-state index contributed by atoms with van der Waals surface area (Å²) < 4.78 is 24.3. The second-order valence-electron chi connectivity index (χ2n) is 3.17. The minimum Gasteiger partial charge on any atom is -0.237 e. The van der Waals surface area contributed by atoms with Gasteiger partial charge in [0, 0.05) is 6.54 Å². The second-order valence-corrected chi connectivity index (χ2v) is 5.09. The van der Waals surface area contributed by atoms with Gasteiger partial charge in [0.15, 0.2) is 0 Å². The van der Waals surface area contributed by atoms with Crippen LogP contribution in [-0.2, 0) is 15.1 Å². The van der Waals surface area contributed by atoms with Crippen molar-refractivity contribution in [3.63, 3.8) is 0 Å². The Morgan fingerprint density at radius 1 is 1.42 bits per heavy atom. The highest BCUT2D eigenvalue weighted by Crippen LogP contribution is 2.15. The first kappa shape index (κ1) is 9.95. The minimum atomic E-state index is -2.97. The molecule has 0 amide bonds. The smallest absolute Gasteiger partial charge is 0.211 e. The molecule has 12 heavy (non-hydrogen) atoms. The maximum Gasteiger partial charge on any atom is 0.211 e. The Morgan fingerprint density at radius 3 is 2.67 bits per heavy atom. The van der Waals surface area contributed by atoms with Crippen LogP contribution in [0.25, 0.3) is 0 Å². The van der Waals surface area contributed by atoms with E-state index < -0.39 is 10.0 Å². The largest absolute Gasteiger partial charge is 0.237 e. The summed E-state index contributed by atoms with van der Waals surface area (Å²) in [5, 5.41) is 10.2. The summed E-state index contributed by atoms with van der Waals surface area (Å²) in [6.45, 7) is 0.464. The molecule has 1 N–H and O–H groups in total. The Balaban J connectivity index is 2.27. The lowest BCUT2D eigenvalue weighted by atomic mass is 10.0. The first-order valence-corrected chi connectivity index (χ1v) is 5.85. The molecule has 0 aromatic heterocycles. The molecule has 1 radical (unpaired) electrons. The van der Waals surface area contributed by atoms with Crippen LogP contribution in [0.15, 0.2) is 0 Å². The molecule has 0 saturated carbocycles. The maximum atomic E-state index is 10.9. The topological polar surface area (TPSA) is 66.1 Å². The summed E-state index contributed by atoms with van der Waals surface area (Å²) in [6.07, 6.45) is 2.22. The monoisotopic (exact) mass is 192 g/mol. The van der Waals surface area contributed by atoms with Crippen LogP contribution in [0.1, 0.15) is 19.3 Å². The van der Waals surface area contributed by atoms with Crippen LogP contribution in [-0.4, -0.2) is 27.3 Å². The lowest BCUT2D eigenvalue weighted by Gasteiger charge is -2.22. The molecular weight excluding hydrogens is 178 g/mol. The Bertz CT molecular complexity index is 211. The van der Waals surface area contributed by atoms with Crippen LogP contribution in [0.5, 0.6) is 0 Å². The lowest BCUT2D eigenvalue weighted by molar-refractivity contribution is 0.179. The highest BCUT2D eigenvalue weighted by atomic mass is 32.2. The summed E-state index contributed by atoms with van der Waals surface area (Å²) in [5.41, 5.74) is 0. The third-order valence-electron chi connectivity index (χ3n) is 2.14. The van der Waals surface area contributed by atoms with Crippen LogP contribution < -0.4 is 4.72 Å². The Kier molecular flexibility index (Phi) is 3.49. The van der Waals surface area contributed by atoms with E-state index in [4.69, 9.17) is 0 Å². The zero-order valence-corrected chi connectivity index (χ0v) is 7.77. The van der Waals surface area contributed by atoms with E-state index >= 15 is 0 Å². The van der Waals surface area contributed by atoms with Gasteiger partial charge in [-0.2, -0.15) is 0 Å². The number of sulfonamides is 1. The van der Waals surface area contributed by atoms with Crippen LogP contribution in [0.3, 0.4) is 0 Å². The second kappa shape index (κ2) is 4.20. The quantitative estimate of drug-likeness (QED) is 0.691. The first-order chi connectivity index (χ1) is 5.64. The van der Waals surface area contributed by atoms with Gasteiger partial charge < -0.3 is 0 Å². The summed E-state index contributed by atoms with van der Waals surface area (Å²) >= 11 is 0. The van der Waals surface area contributed by atoms with E-state index in [1.165, 1.54) is 0 Å². The SMILES string of the molecule is [O]CCCC1CCS(=O)(=O)NC1. The van der Waals surface area contributed by atoms with Crippen molar-refractivity contribution >= 4 is 10.0 Å². The Labute approximate surface area is 73.0 Å². The normalized spacial score (nSPS) is 28.6. The van der Waals surface area contributed by atoms with E-state index in [0.29, 0.717) is 25.3 Å². The van der Waals surface area contributed by atoms with Gasteiger partial charge in [0.2, 0.25) is 10.0 Å². The zero-order valence-electron chi connectivity index (χ0n) is 6.95. The number of nitrogens with one attached hydrogen (secondary N) is 1. The molecule has 0 bridgehead atoms. The number of hydrogen-bond donors (Lipinski definition) is 1. The molecule has 71 valence electrons. The maximum absolute atomic E-state index is 10.9. The fraction of sp³-hybridized carbons (Fsp3) is 1.00. The molecule has 1 aliphatic heterocycles. The molecule has 0 aromatic rings. The van der Waals surface area contributed by atoms with Gasteiger partial charge >= 0.3 is 0 Å². The van der Waals surface area contributed by atoms with Crippen molar-refractivity contribution in [2.45, 2.75) is 19.3 Å². The molecule has 4 nitrogen and oxygen atoms in total. The van der Waals surface area contributed by atoms with Crippen molar-refractivity contribution in [3.05, 3.63) is 0 Å². The van der Waals surface area contributed by atoms with E-state index in [1.54, 1.807) is 0 Å². The van der Waals surface area contributed by atoms with Crippen LogP contribution >= 0.6 is 0 Å². The Hall–Kier alpha value is -0.130. The Morgan fingerprint density at radius 2 is 2.17 bits per heavy atom. The average molecular weight is 192 g/mol. The number of rotatable bonds is 3. The van der Waals surface area contributed by atoms with Crippen molar-refractivity contribution < 1.29 is 13.5 Å². The van der Waals surface area contributed by atoms with Gasteiger partial charge in [-0.15, -0.1) is 0 Å². The summed E-state index contributed by atoms with van der Waals surface area (Å²) in [7, 11) is -2.97. The predicted octanol–water partition coefficient (Wildman–Crippen LogP) is 0.136. The molecule has 1 rings (SSSR count). The molecule has 0 aromatic carbocycles. The molecule has 0 aliphatic carbocycles. The zero-order chi connectivity index (χ0) is 9.03.